The highest BCUT2D eigenvalue weighted by Crippen LogP contribution is 2.60. The highest BCUT2D eigenvalue weighted by molar-refractivity contribution is 8.02. The van der Waals surface area contributed by atoms with Crippen LogP contribution in [0.25, 0.3) is 33.0 Å². The molecule has 98 valence electrons. The Morgan fingerprint density at radius 2 is 1.38 bits per heavy atom. The number of fused-ring (bicyclic) bond motifs is 6. The second kappa shape index (κ2) is 3.42. The van der Waals surface area contributed by atoms with E-state index < -0.39 is 0 Å². The maximum atomic E-state index is 2.38. The summed E-state index contributed by atoms with van der Waals surface area (Å²) in [5.74, 6) is 0.581. The Bertz CT molecular complexity index is 951. The first-order valence-electron chi connectivity index (χ1n) is 7.45. The van der Waals surface area contributed by atoms with Gasteiger partial charge in [-0.05, 0) is 49.6 Å². The van der Waals surface area contributed by atoms with Gasteiger partial charge in [0.25, 0.3) is 0 Å². The molecule has 3 aliphatic rings. The van der Waals surface area contributed by atoms with Crippen molar-refractivity contribution in [3.05, 3.63) is 71.1 Å². The Morgan fingerprint density at radius 1 is 0.667 bits per heavy atom. The molecule has 2 atom stereocenters. The number of thioether (sulfide) groups is 1. The van der Waals surface area contributed by atoms with Crippen molar-refractivity contribution < 1.29 is 0 Å². The molecule has 2 aliphatic carbocycles. The van der Waals surface area contributed by atoms with Crippen LogP contribution in [0.1, 0.15) is 22.3 Å². The standard InChI is InChI=1S/C20H12S/c1-2-4-12-11(3-1)13-5-6-15-16-9-10-21-20(16)17-8-7-14(12)18(13)19(15)17/h1-10,16,20H. The van der Waals surface area contributed by atoms with Gasteiger partial charge in [-0.2, -0.15) is 0 Å². The summed E-state index contributed by atoms with van der Waals surface area (Å²) in [6.07, 6.45) is 2.38. The molecular weight excluding hydrogens is 272 g/mol. The van der Waals surface area contributed by atoms with Crippen molar-refractivity contribution >= 4 is 22.5 Å². The summed E-state index contributed by atoms with van der Waals surface area (Å²) >= 11 is 1.98. The largest absolute Gasteiger partial charge is 0.125 e. The van der Waals surface area contributed by atoms with E-state index >= 15 is 0 Å². The molecule has 2 unspecified atom stereocenters. The van der Waals surface area contributed by atoms with E-state index in [1.165, 1.54) is 38.6 Å². The van der Waals surface area contributed by atoms with Crippen LogP contribution < -0.4 is 0 Å². The van der Waals surface area contributed by atoms with Crippen LogP contribution in [0.15, 0.2) is 60.0 Å². The van der Waals surface area contributed by atoms with E-state index in [1.54, 1.807) is 5.56 Å². The van der Waals surface area contributed by atoms with Crippen LogP contribution in [0.4, 0.5) is 0 Å². The Kier molecular flexibility index (Phi) is 1.74. The fourth-order valence-corrected chi connectivity index (χ4v) is 5.58. The fourth-order valence-electron chi connectivity index (χ4n) is 4.40. The number of allylic oxidation sites excluding steroid dienone is 1. The van der Waals surface area contributed by atoms with Gasteiger partial charge in [-0.1, -0.05) is 54.6 Å². The minimum Gasteiger partial charge on any atom is -0.125 e. The van der Waals surface area contributed by atoms with Crippen LogP contribution >= 0.6 is 11.8 Å². The van der Waals surface area contributed by atoms with Gasteiger partial charge in [0.05, 0.1) is 0 Å². The van der Waals surface area contributed by atoms with Crippen molar-refractivity contribution in [2.45, 2.75) is 11.2 Å². The predicted octanol–water partition coefficient (Wildman–Crippen LogP) is 5.89. The van der Waals surface area contributed by atoms with Gasteiger partial charge in [-0.25, -0.2) is 0 Å². The minimum atomic E-state index is 0.581. The zero-order valence-corrected chi connectivity index (χ0v) is 12.2. The quantitative estimate of drug-likeness (QED) is 0.388. The molecule has 0 radical (unpaired) electrons. The van der Waals surface area contributed by atoms with E-state index in [0.717, 1.165) is 0 Å². The molecule has 1 heteroatoms. The van der Waals surface area contributed by atoms with Crippen molar-refractivity contribution in [1.29, 1.82) is 0 Å². The molecule has 0 saturated carbocycles. The zero-order valence-electron chi connectivity index (χ0n) is 11.3. The van der Waals surface area contributed by atoms with Crippen LogP contribution in [-0.2, 0) is 0 Å². The van der Waals surface area contributed by atoms with Gasteiger partial charge in [0.1, 0.15) is 0 Å². The second-order valence-electron chi connectivity index (χ2n) is 6.11. The first-order chi connectivity index (χ1) is 10.4. The smallest absolute Gasteiger partial charge is 0.0448 e. The average molecular weight is 284 g/mol. The lowest BCUT2D eigenvalue weighted by molar-refractivity contribution is 0.877. The summed E-state index contributed by atoms with van der Waals surface area (Å²) in [7, 11) is 0. The molecule has 0 N–H and O–H groups in total. The molecule has 6 rings (SSSR count). The van der Waals surface area contributed by atoms with Crippen molar-refractivity contribution in [1.82, 2.24) is 0 Å². The van der Waals surface area contributed by atoms with Gasteiger partial charge in [0.2, 0.25) is 0 Å². The number of benzene rings is 3. The molecule has 1 aliphatic heterocycles. The molecule has 0 bridgehead atoms. The molecule has 0 nitrogen and oxygen atoms in total. The lowest BCUT2D eigenvalue weighted by atomic mass is 9.96. The normalized spacial score (nSPS) is 22.9. The zero-order chi connectivity index (χ0) is 13.6. The van der Waals surface area contributed by atoms with Crippen LogP contribution in [0.3, 0.4) is 0 Å². The number of hydrogen-bond acceptors (Lipinski definition) is 1. The van der Waals surface area contributed by atoms with Gasteiger partial charge in [-0.3, -0.25) is 0 Å². The summed E-state index contributed by atoms with van der Waals surface area (Å²) in [6, 6.07) is 18.3. The van der Waals surface area contributed by atoms with Gasteiger partial charge < -0.3 is 0 Å². The molecule has 0 spiro atoms. The van der Waals surface area contributed by atoms with Crippen LogP contribution in [-0.4, -0.2) is 0 Å². The summed E-state index contributed by atoms with van der Waals surface area (Å²) < 4.78 is 0. The molecule has 0 amide bonds. The number of rotatable bonds is 0. The third kappa shape index (κ3) is 1.09. The first-order valence-corrected chi connectivity index (χ1v) is 8.39. The Labute approximate surface area is 127 Å². The van der Waals surface area contributed by atoms with Gasteiger partial charge in [-0.15, -0.1) is 11.8 Å². The lowest BCUT2D eigenvalue weighted by Crippen LogP contribution is -1.92. The fraction of sp³-hybridized carbons (Fsp3) is 0.100. The predicted molar refractivity (Wildman–Crippen MR) is 90.6 cm³/mol. The van der Waals surface area contributed by atoms with Crippen LogP contribution in [0, 0.1) is 0 Å². The monoisotopic (exact) mass is 284 g/mol. The maximum Gasteiger partial charge on any atom is 0.0448 e. The van der Waals surface area contributed by atoms with E-state index in [4.69, 9.17) is 0 Å². The third-order valence-corrected chi connectivity index (χ3v) is 6.39. The highest BCUT2D eigenvalue weighted by Gasteiger charge is 2.37. The molecule has 3 aromatic rings. The SMILES string of the molecule is C1=CC2c3ccc4c5c(ccc(c35)C2S1)-c1ccccc1-4. The van der Waals surface area contributed by atoms with E-state index in [2.05, 4.69) is 60.0 Å². The molecule has 0 fully saturated rings. The van der Waals surface area contributed by atoms with E-state index in [-0.39, 0.29) is 0 Å². The third-order valence-electron chi connectivity index (χ3n) is 5.24. The Hall–Kier alpha value is -1.99. The van der Waals surface area contributed by atoms with Crippen LogP contribution in [0.5, 0.6) is 0 Å². The molecule has 0 aromatic heterocycles. The summed E-state index contributed by atoms with van der Waals surface area (Å²) in [4.78, 5) is 0. The van der Waals surface area contributed by atoms with Gasteiger partial charge in [0, 0.05) is 11.2 Å². The molecule has 0 saturated heterocycles. The molecule has 1 heterocycles. The Morgan fingerprint density at radius 3 is 2.14 bits per heavy atom. The average Bonchev–Trinajstić information content (AvgIpc) is 3.18. The van der Waals surface area contributed by atoms with Crippen molar-refractivity contribution in [2.24, 2.45) is 0 Å². The molecule has 3 aromatic carbocycles. The maximum absolute atomic E-state index is 2.38. The minimum absolute atomic E-state index is 0.581. The van der Waals surface area contributed by atoms with Crippen molar-refractivity contribution in [2.75, 3.05) is 0 Å². The second-order valence-corrected chi connectivity index (χ2v) is 7.16. The van der Waals surface area contributed by atoms with E-state index in [9.17, 15) is 0 Å². The van der Waals surface area contributed by atoms with Crippen molar-refractivity contribution in [3.8, 4) is 22.3 Å². The topological polar surface area (TPSA) is 0 Å². The lowest BCUT2D eigenvalue weighted by Gasteiger charge is -2.09. The molecular formula is C20H12S. The van der Waals surface area contributed by atoms with Gasteiger partial charge >= 0.3 is 0 Å². The highest BCUT2D eigenvalue weighted by atomic mass is 32.2. The molecule has 21 heavy (non-hydrogen) atoms. The first kappa shape index (κ1) is 10.7. The van der Waals surface area contributed by atoms with Crippen molar-refractivity contribution in [3.63, 3.8) is 0 Å². The Balaban J connectivity index is 1.84. The van der Waals surface area contributed by atoms with E-state index in [0.29, 0.717) is 11.2 Å². The summed E-state index contributed by atoms with van der Waals surface area (Å²) in [5.41, 5.74) is 8.72. The van der Waals surface area contributed by atoms with E-state index in [1.807, 2.05) is 11.8 Å². The number of hydrogen-bond donors (Lipinski definition) is 0. The summed E-state index contributed by atoms with van der Waals surface area (Å²) in [5, 5.41) is 5.91. The van der Waals surface area contributed by atoms with Gasteiger partial charge in [0.15, 0.2) is 0 Å². The summed E-state index contributed by atoms with van der Waals surface area (Å²) in [6.45, 7) is 0. The van der Waals surface area contributed by atoms with Crippen LogP contribution in [0.2, 0.25) is 0 Å².